The normalized spacial score (nSPS) is 12.4. The predicted octanol–water partition coefficient (Wildman–Crippen LogP) is 3.39. The van der Waals surface area contributed by atoms with E-state index in [0.717, 1.165) is 5.69 Å². The van der Waals surface area contributed by atoms with Gasteiger partial charge in [0.2, 0.25) is 0 Å². The minimum absolute atomic E-state index is 0.00330. The van der Waals surface area contributed by atoms with E-state index in [4.69, 9.17) is 0 Å². The molecular weight excluding hydrogens is 368 g/mol. The third-order valence-corrected chi connectivity index (χ3v) is 3.45. The number of benzene rings is 1. The van der Waals surface area contributed by atoms with Gasteiger partial charge in [-0.3, -0.25) is 10.1 Å². The van der Waals surface area contributed by atoms with Gasteiger partial charge in [0.25, 0.3) is 5.69 Å². The lowest BCUT2D eigenvalue weighted by atomic mass is 10.3. The van der Waals surface area contributed by atoms with Crippen molar-refractivity contribution in [3.8, 4) is 5.69 Å². The summed E-state index contributed by atoms with van der Waals surface area (Å²) in [5.41, 5.74) is 1.36. The van der Waals surface area contributed by atoms with Crippen molar-refractivity contribution in [1.29, 1.82) is 0 Å². The van der Waals surface area contributed by atoms with Crippen LogP contribution in [0.25, 0.3) is 5.69 Å². The highest BCUT2D eigenvalue weighted by molar-refractivity contribution is 9.10. The van der Waals surface area contributed by atoms with E-state index in [-0.39, 0.29) is 10.5 Å². The van der Waals surface area contributed by atoms with Crippen LogP contribution in [-0.4, -0.2) is 19.9 Å². The van der Waals surface area contributed by atoms with Crippen molar-refractivity contribution in [2.45, 2.75) is 11.8 Å². The molecule has 0 bridgehead atoms. The monoisotopic (exact) mass is 374 g/mol. The van der Waals surface area contributed by atoms with Crippen LogP contribution in [0.2, 0.25) is 0 Å². The molecule has 6 nitrogen and oxygen atoms in total. The zero-order valence-corrected chi connectivity index (χ0v) is 12.4. The second-order valence-electron chi connectivity index (χ2n) is 3.60. The Labute approximate surface area is 119 Å². The minimum atomic E-state index is -0.446. The van der Waals surface area contributed by atoms with Crippen LogP contribution in [0.5, 0.6) is 0 Å². The lowest BCUT2D eigenvalue weighted by molar-refractivity contribution is -0.385. The van der Waals surface area contributed by atoms with Crippen molar-refractivity contribution in [3.05, 3.63) is 44.7 Å². The maximum absolute atomic E-state index is 10.8. The summed E-state index contributed by atoms with van der Waals surface area (Å²) in [7, 11) is 0. The highest BCUT2D eigenvalue weighted by Crippen LogP contribution is 2.27. The number of hydrogen-bond donors (Lipinski definition) is 0. The summed E-state index contributed by atoms with van der Waals surface area (Å²) in [6.45, 7) is 1.93. The van der Waals surface area contributed by atoms with Gasteiger partial charge in [-0.25, -0.2) is 4.68 Å². The number of alkyl halides is 1. The van der Waals surface area contributed by atoms with Gasteiger partial charge < -0.3 is 0 Å². The van der Waals surface area contributed by atoms with Gasteiger partial charge in [-0.2, -0.15) is 0 Å². The molecule has 94 valence electrons. The molecule has 0 saturated carbocycles. The number of nitro groups is 1. The molecule has 0 radical (unpaired) electrons. The van der Waals surface area contributed by atoms with Crippen LogP contribution in [0.3, 0.4) is 0 Å². The Hall–Kier alpha value is -1.28. The number of nitrogens with zero attached hydrogens (tertiary/aromatic N) is 4. The molecule has 8 heteroatoms. The number of aromatic nitrogens is 3. The number of nitro benzene ring substituents is 1. The van der Waals surface area contributed by atoms with Crippen molar-refractivity contribution >= 4 is 37.5 Å². The molecule has 0 N–H and O–H groups in total. The van der Waals surface area contributed by atoms with Gasteiger partial charge in [0, 0.05) is 6.07 Å². The van der Waals surface area contributed by atoms with Gasteiger partial charge >= 0.3 is 0 Å². The molecule has 1 heterocycles. The third kappa shape index (κ3) is 2.59. The van der Waals surface area contributed by atoms with Crippen LogP contribution in [-0.2, 0) is 0 Å². The average Bonchev–Trinajstić information content (AvgIpc) is 2.78. The van der Waals surface area contributed by atoms with E-state index >= 15 is 0 Å². The van der Waals surface area contributed by atoms with Crippen LogP contribution in [0.1, 0.15) is 17.4 Å². The lowest BCUT2D eigenvalue weighted by Gasteiger charge is -2.01. The highest BCUT2D eigenvalue weighted by Gasteiger charge is 2.14. The summed E-state index contributed by atoms with van der Waals surface area (Å²) in [6.07, 6.45) is 1.73. The first kappa shape index (κ1) is 13.2. The molecular formula is C10H8Br2N4O2. The molecule has 0 aliphatic rings. The summed E-state index contributed by atoms with van der Waals surface area (Å²) in [6, 6.07) is 4.79. The fourth-order valence-corrected chi connectivity index (χ4v) is 1.97. The third-order valence-electron chi connectivity index (χ3n) is 2.31. The molecule has 0 amide bonds. The van der Waals surface area contributed by atoms with Crippen LogP contribution in [0.15, 0.2) is 28.9 Å². The van der Waals surface area contributed by atoms with Crippen molar-refractivity contribution < 1.29 is 4.92 Å². The molecule has 0 spiro atoms. The molecule has 0 saturated heterocycles. The summed E-state index contributed by atoms with van der Waals surface area (Å²) in [5, 5.41) is 18.8. The molecule has 0 fully saturated rings. The van der Waals surface area contributed by atoms with E-state index in [1.807, 2.05) is 6.92 Å². The quantitative estimate of drug-likeness (QED) is 0.468. The SMILES string of the molecule is CC(Br)c1cn(-c2ccc(Br)c([N+](=O)[O-])c2)nn1. The van der Waals surface area contributed by atoms with Gasteiger partial charge in [0.1, 0.15) is 0 Å². The van der Waals surface area contributed by atoms with E-state index in [1.165, 1.54) is 10.7 Å². The van der Waals surface area contributed by atoms with Crippen molar-refractivity contribution in [2.75, 3.05) is 0 Å². The number of hydrogen-bond acceptors (Lipinski definition) is 4. The zero-order valence-electron chi connectivity index (χ0n) is 9.25. The molecule has 18 heavy (non-hydrogen) atoms. The van der Waals surface area contributed by atoms with Gasteiger partial charge in [0.05, 0.1) is 31.8 Å². The standard InChI is InChI=1S/C10H8Br2N4O2/c1-6(11)9-5-15(14-13-9)7-2-3-8(12)10(4-7)16(17)18/h2-6H,1H3. The first-order valence-corrected chi connectivity index (χ1v) is 6.70. The first-order valence-electron chi connectivity index (χ1n) is 4.99. The zero-order chi connectivity index (χ0) is 13.3. The van der Waals surface area contributed by atoms with Crippen LogP contribution < -0.4 is 0 Å². The van der Waals surface area contributed by atoms with Crippen LogP contribution in [0, 0.1) is 10.1 Å². The minimum Gasteiger partial charge on any atom is -0.258 e. The second-order valence-corrected chi connectivity index (χ2v) is 5.82. The Morgan fingerprint density at radius 2 is 2.22 bits per heavy atom. The fourth-order valence-electron chi connectivity index (χ4n) is 1.37. The number of halogens is 2. The number of rotatable bonds is 3. The van der Waals surface area contributed by atoms with Crippen molar-refractivity contribution in [3.63, 3.8) is 0 Å². The van der Waals surface area contributed by atoms with E-state index in [0.29, 0.717) is 10.2 Å². The molecule has 0 aliphatic heterocycles. The lowest BCUT2D eigenvalue weighted by Crippen LogP contribution is -1.97. The van der Waals surface area contributed by atoms with Crippen molar-refractivity contribution in [2.24, 2.45) is 0 Å². The van der Waals surface area contributed by atoms with Crippen LogP contribution in [0.4, 0.5) is 5.69 Å². The molecule has 2 rings (SSSR count). The smallest absolute Gasteiger partial charge is 0.258 e. The maximum Gasteiger partial charge on any atom is 0.285 e. The van der Waals surface area contributed by atoms with E-state index < -0.39 is 4.92 Å². The maximum atomic E-state index is 10.8. The summed E-state index contributed by atoms with van der Waals surface area (Å²) >= 11 is 6.52. The van der Waals surface area contributed by atoms with Crippen molar-refractivity contribution in [1.82, 2.24) is 15.0 Å². The van der Waals surface area contributed by atoms with E-state index in [9.17, 15) is 10.1 Å². The Morgan fingerprint density at radius 3 is 2.78 bits per heavy atom. The second kappa shape index (κ2) is 5.15. The van der Waals surface area contributed by atoms with Gasteiger partial charge in [0.15, 0.2) is 0 Å². The van der Waals surface area contributed by atoms with Crippen LogP contribution >= 0.6 is 31.9 Å². The van der Waals surface area contributed by atoms with Gasteiger partial charge in [-0.05, 0) is 35.0 Å². The molecule has 0 aliphatic carbocycles. The van der Waals surface area contributed by atoms with E-state index in [1.54, 1.807) is 18.3 Å². The summed E-state index contributed by atoms with van der Waals surface area (Å²) in [5.74, 6) is 0. The molecule has 2 aromatic rings. The highest BCUT2D eigenvalue weighted by atomic mass is 79.9. The predicted molar refractivity (Wildman–Crippen MR) is 73.1 cm³/mol. The molecule has 1 aromatic heterocycles. The first-order chi connectivity index (χ1) is 8.49. The Bertz CT molecular complexity index is 597. The molecule has 1 unspecified atom stereocenters. The largest absolute Gasteiger partial charge is 0.285 e. The molecule has 1 atom stereocenters. The van der Waals surface area contributed by atoms with Gasteiger partial charge in [-0.15, -0.1) is 5.10 Å². The summed E-state index contributed by atoms with van der Waals surface area (Å²) in [4.78, 5) is 10.5. The average molecular weight is 376 g/mol. The Morgan fingerprint density at radius 1 is 1.50 bits per heavy atom. The van der Waals surface area contributed by atoms with Gasteiger partial charge in [-0.1, -0.05) is 21.1 Å². The topological polar surface area (TPSA) is 73.8 Å². The molecule has 1 aromatic carbocycles. The summed E-state index contributed by atoms with van der Waals surface area (Å²) < 4.78 is 1.94. The fraction of sp³-hybridized carbons (Fsp3) is 0.200. The van der Waals surface area contributed by atoms with E-state index in [2.05, 4.69) is 42.2 Å². The Kier molecular flexibility index (Phi) is 3.76. The Balaban J connectivity index is 2.44.